The van der Waals surface area contributed by atoms with Crippen LogP contribution in [0.15, 0.2) is 24.7 Å². The third kappa shape index (κ3) is 2.16. The van der Waals surface area contributed by atoms with Crippen LogP contribution in [0.1, 0.15) is 44.1 Å². The first-order chi connectivity index (χ1) is 6.54. The molecule has 14 heavy (non-hydrogen) atoms. The van der Waals surface area contributed by atoms with Gasteiger partial charge in [-0.2, -0.15) is 0 Å². The third-order valence-electron chi connectivity index (χ3n) is 2.03. The topological polar surface area (TPSA) is 25.8 Å². The van der Waals surface area contributed by atoms with Gasteiger partial charge in [0.15, 0.2) is 0 Å². The van der Waals surface area contributed by atoms with Crippen molar-refractivity contribution in [2.45, 2.75) is 32.9 Å². The van der Waals surface area contributed by atoms with Crippen LogP contribution in [-0.4, -0.2) is 9.97 Å². The molecule has 0 saturated heterocycles. The maximum Gasteiger partial charge on any atom is 0.149 e. The maximum atomic E-state index is 13.7. The Bertz CT molecular complexity index is 334. The summed E-state index contributed by atoms with van der Waals surface area (Å²) in [5.74, 6) is 0.200. The Hall–Kier alpha value is -1.25. The fraction of sp³-hybridized carbons (Fsp3) is 0.455. The molecule has 1 aromatic rings. The Kier molecular flexibility index (Phi) is 3.33. The second-order valence-electron chi connectivity index (χ2n) is 3.73. The molecule has 0 bridgehead atoms. The van der Waals surface area contributed by atoms with E-state index in [1.807, 2.05) is 13.8 Å². The zero-order valence-corrected chi connectivity index (χ0v) is 8.79. The number of alkyl halides is 1. The molecule has 0 spiro atoms. The molecule has 0 aliphatic heterocycles. The molecular weight excluding hydrogens is 179 g/mol. The molecule has 0 radical (unpaired) electrons. The molecule has 0 aliphatic rings. The summed E-state index contributed by atoms with van der Waals surface area (Å²) in [5.41, 5.74) is 1.78. The van der Waals surface area contributed by atoms with E-state index in [1.54, 1.807) is 6.92 Å². The Labute approximate surface area is 83.9 Å². The van der Waals surface area contributed by atoms with E-state index in [-0.39, 0.29) is 5.92 Å². The lowest BCUT2D eigenvalue weighted by Crippen LogP contribution is -2.04. The molecule has 0 N–H and O–H groups in total. The van der Waals surface area contributed by atoms with E-state index in [0.29, 0.717) is 11.1 Å². The molecule has 76 valence electrons. The number of hydrogen-bond donors (Lipinski definition) is 0. The SMILES string of the molecule is C=C(C)C(F)c1cncnc1C(C)C. The van der Waals surface area contributed by atoms with Gasteiger partial charge in [-0.05, 0) is 18.4 Å². The fourth-order valence-electron chi connectivity index (χ4n) is 1.29. The second-order valence-corrected chi connectivity index (χ2v) is 3.73. The first-order valence-corrected chi connectivity index (χ1v) is 4.63. The highest BCUT2D eigenvalue weighted by molar-refractivity contribution is 5.27. The molecule has 1 rings (SSSR count). The molecule has 0 aliphatic carbocycles. The second kappa shape index (κ2) is 4.31. The van der Waals surface area contributed by atoms with Gasteiger partial charge in [0.1, 0.15) is 12.5 Å². The summed E-state index contributed by atoms with van der Waals surface area (Å²) in [6.45, 7) is 9.24. The van der Waals surface area contributed by atoms with Crippen LogP contribution < -0.4 is 0 Å². The standard InChI is InChI=1S/C11H15FN2/c1-7(2)10(12)9-5-13-6-14-11(9)8(3)4/h5-6,8,10H,1H2,2-4H3. The Morgan fingerprint density at radius 3 is 2.64 bits per heavy atom. The summed E-state index contributed by atoms with van der Waals surface area (Å²) in [6, 6.07) is 0. The lowest BCUT2D eigenvalue weighted by atomic mass is 9.99. The lowest BCUT2D eigenvalue weighted by molar-refractivity contribution is 0.389. The highest BCUT2D eigenvalue weighted by atomic mass is 19.1. The summed E-state index contributed by atoms with van der Waals surface area (Å²) in [6.07, 6.45) is 1.82. The van der Waals surface area contributed by atoms with Gasteiger partial charge >= 0.3 is 0 Å². The highest BCUT2D eigenvalue weighted by Gasteiger charge is 2.17. The third-order valence-corrected chi connectivity index (χ3v) is 2.03. The molecular formula is C11H15FN2. The Morgan fingerprint density at radius 2 is 2.14 bits per heavy atom. The maximum absolute atomic E-state index is 13.7. The summed E-state index contributed by atoms with van der Waals surface area (Å²) in [4.78, 5) is 7.93. The summed E-state index contributed by atoms with van der Waals surface area (Å²) in [7, 11) is 0. The van der Waals surface area contributed by atoms with Crippen LogP contribution in [0.5, 0.6) is 0 Å². The van der Waals surface area contributed by atoms with E-state index in [0.717, 1.165) is 5.69 Å². The average molecular weight is 194 g/mol. The molecule has 0 amide bonds. The molecule has 0 fully saturated rings. The fourth-order valence-corrected chi connectivity index (χ4v) is 1.29. The Morgan fingerprint density at radius 1 is 1.50 bits per heavy atom. The molecule has 1 unspecified atom stereocenters. The summed E-state index contributed by atoms with van der Waals surface area (Å²) in [5, 5.41) is 0. The first-order valence-electron chi connectivity index (χ1n) is 4.63. The van der Waals surface area contributed by atoms with Crippen molar-refractivity contribution in [2.24, 2.45) is 0 Å². The van der Waals surface area contributed by atoms with Crippen molar-refractivity contribution < 1.29 is 4.39 Å². The van der Waals surface area contributed by atoms with E-state index in [9.17, 15) is 4.39 Å². The van der Waals surface area contributed by atoms with E-state index in [2.05, 4.69) is 16.5 Å². The van der Waals surface area contributed by atoms with Crippen molar-refractivity contribution in [1.82, 2.24) is 9.97 Å². The molecule has 3 heteroatoms. The number of hydrogen-bond acceptors (Lipinski definition) is 2. The van der Waals surface area contributed by atoms with E-state index < -0.39 is 6.17 Å². The zero-order chi connectivity index (χ0) is 10.7. The van der Waals surface area contributed by atoms with E-state index in [4.69, 9.17) is 0 Å². The van der Waals surface area contributed by atoms with Gasteiger partial charge in [0.25, 0.3) is 0 Å². The van der Waals surface area contributed by atoms with Crippen molar-refractivity contribution in [3.63, 3.8) is 0 Å². The van der Waals surface area contributed by atoms with Gasteiger partial charge in [-0.3, -0.25) is 0 Å². The van der Waals surface area contributed by atoms with Gasteiger partial charge in [0.05, 0.1) is 5.69 Å². The summed E-state index contributed by atoms with van der Waals surface area (Å²) >= 11 is 0. The van der Waals surface area contributed by atoms with Gasteiger partial charge in [-0.15, -0.1) is 0 Å². The predicted octanol–water partition coefficient (Wildman–Crippen LogP) is 3.19. The van der Waals surface area contributed by atoms with Crippen LogP contribution in [0.2, 0.25) is 0 Å². The van der Waals surface area contributed by atoms with E-state index in [1.165, 1.54) is 12.5 Å². The van der Waals surface area contributed by atoms with Gasteiger partial charge in [-0.1, -0.05) is 20.4 Å². The lowest BCUT2D eigenvalue weighted by Gasteiger charge is -2.13. The van der Waals surface area contributed by atoms with Gasteiger partial charge in [-0.25, -0.2) is 14.4 Å². The average Bonchev–Trinajstić information content (AvgIpc) is 2.16. The predicted molar refractivity (Wildman–Crippen MR) is 54.8 cm³/mol. The zero-order valence-electron chi connectivity index (χ0n) is 8.79. The number of halogens is 1. The number of aromatic nitrogens is 2. The number of rotatable bonds is 3. The molecule has 1 atom stereocenters. The van der Waals surface area contributed by atoms with Crippen LogP contribution in [0, 0.1) is 0 Å². The van der Waals surface area contributed by atoms with Gasteiger partial charge in [0.2, 0.25) is 0 Å². The number of nitrogens with zero attached hydrogens (tertiary/aromatic N) is 2. The van der Waals surface area contributed by atoms with Crippen molar-refractivity contribution in [3.8, 4) is 0 Å². The minimum atomic E-state index is -1.16. The van der Waals surface area contributed by atoms with Crippen molar-refractivity contribution in [3.05, 3.63) is 35.9 Å². The van der Waals surface area contributed by atoms with Gasteiger partial charge < -0.3 is 0 Å². The van der Waals surface area contributed by atoms with Crippen molar-refractivity contribution in [2.75, 3.05) is 0 Å². The normalized spacial score (nSPS) is 12.9. The van der Waals surface area contributed by atoms with Crippen LogP contribution in [0.25, 0.3) is 0 Å². The minimum Gasteiger partial charge on any atom is -0.244 e. The molecule has 1 aromatic heterocycles. The first kappa shape index (κ1) is 10.8. The van der Waals surface area contributed by atoms with Gasteiger partial charge in [0, 0.05) is 11.8 Å². The smallest absolute Gasteiger partial charge is 0.149 e. The van der Waals surface area contributed by atoms with Crippen LogP contribution >= 0.6 is 0 Å². The molecule has 0 saturated carbocycles. The highest BCUT2D eigenvalue weighted by Crippen LogP contribution is 2.28. The monoisotopic (exact) mass is 194 g/mol. The Balaban J connectivity index is 3.13. The number of allylic oxidation sites excluding steroid dienone is 1. The van der Waals surface area contributed by atoms with Crippen molar-refractivity contribution >= 4 is 0 Å². The molecule has 0 aromatic carbocycles. The van der Waals surface area contributed by atoms with Crippen LogP contribution in [0.3, 0.4) is 0 Å². The van der Waals surface area contributed by atoms with Crippen LogP contribution in [0.4, 0.5) is 4.39 Å². The molecule has 2 nitrogen and oxygen atoms in total. The van der Waals surface area contributed by atoms with E-state index >= 15 is 0 Å². The molecule has 1 heterocycles. The largest absolute Gasteiger partial charge is 0.244 e. The minimum absolute atomic E-state index is 0.200. The van der Waals surface area contributed by atoms with Crippen LogP contribution in [-0.2, 0) is 0 Å². The van der Waals surface area contributed by atoms with Crippen molar-refractivity contribution in [1.29, 1.82) is 0 Å². The summed E-state index contributed by atoms with van der Waals surface area (Å²) < 4.78 is 13.7. The quantitative estimate of drug-likeness (QED) is 0.690.